The second kappa shape index (κ2) is 6.64. The average molecular weight is 372 g/mol. The second-order valence-corrected chi connectivity index (χ2v) is 8.18. The highest BCUT2D eigenvalue weighted by atomic mass is 32.1. The molecule has 1 aliphatic heterocycles. The van der Waals surface area contributed by atoms with Gasteiger partial charge in [0.2, 0.25) is 10.8 Å². The van der Waals surface area contributed by atoms with E-state index in [-0.39, 0.29) is 24.1 Å². The van der Waals surface area contributed by atoms with Crippen LogP contribution in [0.4, 0.5) is 0 Å². The number of fused-ring (bicyclic) bond motifs is 1. The minimum Gasteiger partial charge on any atom is -0.492 e. The zero-order chi connectivity index (χ0) is 18.4. The van der Waals surface area contributed by atoms with Gasteiger partial charge in [-0.05, 0) is 33.3 Å². The van der Waals surface area contributed by atoms with E-state index in [1.54, 1.807) is 4.52 Å². The number of thiazole rings is 1. The highest BCUT2D eigenvalue weighted by Gasteiger charge is 2.33. The number of hydrogen-bond donors (Lipinski definition) is 1. The summed E-state index contributed by atoms with van der Waals surface area (Å²) in [6.07, 6.45) is 0.302. The summed E-state index contributed by atoms with van der Waals surface area (Å²) in [5.41, 5.74) is 2.38. The van der Waals surface area contributed by atoms with Gasteiger partial charge >= 0.3 is 0 Å². The Labute approximate surface area is 157 Å². The van der Waals surface area contributed by atoms with E-state index in [0.29, 0.717) is 5.82 Å². The highest BCUT2D eigenvalue weighted by molar-refractivity contribution is 7.17. The molecule has 26 heavy (non-hydrogen) atoms. The fourth-order valence-electron chi connectivity index (χ4n) is 3.73. The predicted octanol–water partition coefficient (Wildman–Crippen LogP) is 3.31. The van der Waals surface area contributed by atoms with Crippen LogP contribution in [-0.2, 0) is 4.74 Å². The zero-order valence-corrected chi connectivity index (χ0v) is 16.3. The van der Waals surface area contributed by atoms with Crippen molar-refractivity contribution in [3.05, 3.63) is 46.1 Å². The molecule has 0 bridgehead atoms. The zero-order valence-electron chi connectivity index (χ0n) is 15.5. The summed E-state index contributed by atoms with van der Waals surface area (Å²) in [6, 6.07) is 8.48. The Morgan fingerprint density at radius 1 is 1.15 bits per heavy atom. The second-order valence-electron chi connectivity index (χ2n) is 7.17. The molecule has 1 N–H and O–H groups in total. The maximum atomic E-state index is 10.9. The van der Waals surface area contributed by atoms with E-state index in [1.807, 2.05) is 6.92 Å². The van der Waals surface area contributed by atoms with Crippen molar-refractivity contribution < 1.29 is 9.84 Å². The summed E-state index contributed by atoms with van der Waals surface area (Å²) in [5, 5.41) is 15.2. The molecular formula is C19H24N4O2S. The van der Waals surface area contributed by atoms with E-state index in [4.69, 9.17) is 4.74 Å². The van der Waals surface area contributed by atoms with Gasteiger partial charge in [-0.25, -0.2) is 4.98 Å². The normalized spacial score (nSPS) is 22.8. The van der Waals surface area contributed by atoms with Gasteiger partial charge in [0.25, 0.3) is 0 Å². The molecule has 1 aliphatic rings. The number of nitrogens with zero attached hydrogens (tertiary/aromatic N) is 4. The van der Waals surface area contributed by atoms with Gasteiger partial charge in [-0.2, -0.15) is 4.52 Å². The van der Waals surface area contributed by atoms with Gasteiger partial charge in [-0.3, -0.25) is 4.90 Å². The fourth-order valence-corrected chi connectivity index (χ4v) is 4.89. The summed E-state index contributed by atoms with van der Waals surface area (Å²) in [5.74, 6) is 0.849. The molecule has 3 atom stereocenters. The van der Waals surface area contributed by atoms with Crippen LogP contribution in [0.3, 0.4) is 0 Å². The Morgan fingerprint density at radius 3 is 2.42 bits per heavy atom. The monoisotopic (exact) mass is 372 g/mol. The Hall–Kier alpha value is -1.96. The van der Waals surface area contributed by atoms with Crippen LogP contribution in [0.1, 0.15) is 41.7 Å². The number of hydrogen-bond acceptors (Lipinski definition) is 6. The fraction of sp³-hybridized carbons (Fsp3) is 0.474. The van der Waals surface area contributed by atoms with E-state index in [9.17, 15) is 5.11 Å². The first-order chi connectivity index (χ1) is 12.4. The van der Waals surface area contributed by atoms with Gasteiger partial charge in [0.1, 0.15) is 5.82 Å². The molecule has 2 aromatic heterocycles. The van der Waals surface area contributed by atoms with Crippen molar-refractivity contribution in [2.75, 3.05) is 13.1 Å². The Balaban J connectivity index is 1.82. The van der Waals surface area contributed by atoms with Crippen LogP contribution in [0.25, 0.3) is 4.96 Å². The quantitative estimate of drug-likeness (QED) is 0.764. The predicted molar refractivity (Wildman–Crippen MR) is 102 cm³/mol. The van der Waals surface area contributed by atoms with Crippen molar-refractivity contribution in [2.45, 2.75) is 45.9 Å². The average Bonchev–Trinajstić information content (AvgIpc) is 3.07. The van der Waals surface area contributed by atoms with Crippen LogP contribution in [0.5, 0.6) is 5.88 Å². The molecule has 0 amide bonds. The lowest BCUT2D eigenvalue weighted by Gasteiger charge is -2.40. The standard InChI is InChI=1S/C19H24N4O2S/c1-11-5-7-15(8-6-11)16(22-9-12(2)25-13(3)10-22)17-18(24)23-19(26-17)20-14(4)21-23/h5-8,12-13,16,24H,9-10H2,1-4H3/t12-,13-,16-/m1/s1. The molecule has 0 unspecified atom stereocenters. The first-order valence-electron chi connectivity index (χ1n) is 8.93. The molecule has 1 aromatic carbocycles. The minimum absolute atomic E-state index is 0.0433. The van der Waals surface area contributed by atoms with Crippen LogP contribution < -0.4 is 0 Å². The third kappa shape index (κ3) is 3.11. The van der Waals surface area contributed by atoms with Gasteiger partial charge < -0.3 is 9.84 Å². The lowest BCUT2D eigenvalue weighted by atomic mass is 10.0. The van der Waals surface area contributed by atoms with E-state index >= 15 is 0 Å². The largest absolute Gasteiger partial charge is 0.492 e. The van der Waals surface area contributed by atoms with Gasteiger partial charge in [0, 0.05) is 13.1 Å². The number of benzene rings is 1. The molecule has 1 fully saturated rings. The number of aromatic nitrogens is 3. The lowest BCUT2D eigenvalue weighted by molar-refractivity contribution is -0.0764. The van der Waals surface area contributed by atoms with Crippen LogP contribution in [0.15, 0.2) is 24.3 Å². The van der Waals surface area contributed by atoms with E-state index in [1.165, 1.54) is 16.9 Å². The van der Waals surface area contributed by atoms with Crippen molar-refractivity contribution >= 4 is 16.3 Å². The first kappa shape index (κ1) is 17.5. The molecule has 7 heteroatoms. The molecule has 3 heterocycles. The third-order valence-corrected chi connectivity index (χ3v) is 5.83. The minimum atomic E-state index is -0.0433. The third-order valence-electron chi connectivity index (χ3n) is 4.76. The molecular weight excluding hydrogens is 348 g/mol. The van der Waals surface area contributed by atoms with Crippen LogP contribution in [0, 0.1) is 13.8 Å². The highest BCUT2D eigenvalue weighted by Crippen LogP contribution is 2.40. The molecule has 1 saturated heterocycles. The van der Waals surface area contributed by atoms with Gasteiger partial charge in [0.05, 0.1) is 23.1 Å². The van der Waals surface area contributed by atoms with Crippen molar-refractivity contribution in [1.82, 2.24) is 19.5 Å². The maximum Gasteiger partial charge on any atom is 0.230 e. The summed E-state index contributed by atoms with van der Waals surface area (Å²) in [4.78, 5) is 8.42. The van der Waals surface area contributed by atoms with Crippen molar-refractivity contribution in [1.29, 1.82) is 0 Å². The van der Waals surface area contributed by atoms with Crippen LogP contribution in [-0.4, -0.2) is 49.9 Å². The Morgan fingerprint density at radius 2 is 1.81 bits per heavy atom. The Kier molecular flexibility index (Phi) is 4.46. The number of aromatic hydroxyl groups is 1. The topological polar surface area (TPSA) is 62.9 Å². The SMILES string of the molecule is Cc1ccc([C@H](c2sc3nc(C)nn3c2O)N2C[C@@H](C)O[C@H](C)C2)cc1. The maximum absolute atomic E-state index is 10.9. The number of morpholine rings is 1. The summed E-state index contributed by atoms with van der Waals surface area (Å²) >= 11 is 1.50. The van der Waals surface area contributed by atoms with Gasteiger partial charge in [-0.15, -0.1) is 5.10 Å². The molecule has 0 radical (unpaired) electrons. The number of rotatable bonds is 3. The van der Waals surface area contributed by atoms with E-state index in [2.05, 4.69) is 60.0 Å². The molecule has 0 aliphatic carbocycles. The van der Waals surface area contributed by atoms with Crippen LogP contribution >= 0.6 is 11.3 Å². The number of ether oxygens (including phenoxy) is 1. The lowest BCUT2D eigenvalue weighted by Crippen LogP contribution is -2.47. The summed E-state index contributed by atoms with van der Waals surface area (Å²) in [7, 11) is 0. The molecule has 6 nitrogen and oxygen atoms in total. The van der Waals surface area contributed by atoms with Crippen molar-refractivity contribution in [2.24, 2.45) is 0 Å². The van der Waals surface area contributed by atoms with Crippen molar-refractivity contribution in [3.8, 4) is 5.88 Å². The van der Waals surface area contributed by atoms with E-state index in [0.717, 1.165) is 28.5 Å². The molecule has 3 aromatic rings. The van der Waals surface area contributed by atoms with Gasteiger partial charge in [0.15, 0.2) is 0 Å². The Bertz CT molecular complexity index is 908. The van der Waals surface area contributed by atoms with E-state index < -0.39 is 0 Å². The van der Waals surface area contributed by atoms with Crippen molar-refractivity contribution in [3.63, 3.8) is 0 Å². The van der Waals surface area contributed by atoms with Crippen LogP contribution in [0.2, 0.25) is 0 Å². The van der Waals surface area contributed by atoms with Gasteiger partial charge in [-0.1, -0.05) is 41.2 Å². The summed E-state index contributed by atoms with van der Waals surface area (Å²) in [6.45, 7) is 9.74. The molecule has 4 rings (SSSR count). The number of aryl methyl sites for hydroxylation is 2. The summed E-state index contributed by atoms with van der Waals surface area (Å²) < 4.78 is 7.46. The first-order valence-corrected chi connectivity index (χ1v) is 9.75. The smallest absolute Gasteiger partial charge is 0.230 e. The molecule has 0 saturated carbocycles. The molecule has 0 spiro atoms. The molecule has 138 valence electrons.